The van der Waals surface area contributed by atoms with Gasteiger partial charge in [0.05, 0.1) is 19.7 Å². The fourth-order valence-corrected chi connectivity index (χ4v) is 3.50. The third-order valence-electron chi connectivity index (χ3n) is 3.22. The summed E-state index contributed by atoms with van der Waals surface area (Å²) in [6.07, 6.45) is 3.04. The SMILES string of the molecule is COc1cc2ncnc(SCCCCNS(N)(=O)=O)c2cc1OC. The van der Waals surface area contributed by atoms with Crippen LogP contribution in [0.2, 0.25) is 0 Å². The Hall–Kier alpha value is -1.62. The molecule has 0 spiro atoms. The zero-order chi connectivity index (χ0) is 17.6. The third kappa shape index (κ3) is 5.20. The molecular formula is C14H20N4O4S2. The van der Waals surface area contributed by atoms with E-state index in [0.717, 1.165) is 28.1 Å². The maximum Gasteiger partial charge on any atom is 0.274 e. The molecule has 0 aliphatic heterocycles. The van der Waals surface area contributed by atoms with Gasteiger partial charge >= 0.3 is 0 Å². The van der Waals surface area contributed by atoms with Crippen LogP contribution in [0.1, 0.15) is 12.8 Å². The highest BCUT2D eigenvalue weighted by Crippen LogP contribution is 2.34. The number of unbranched alkanes of at least 4 members (excludes halogenated alkanes) is 1. The van der Waals surface area contributed by atoms with Crippen LogP contribution >= 0.6 is 11.8 Å². The number of hydrogen-bond donors (Lipinski definition) is 2. The van der Waals surface area contributed by atoms with Gasteiger partial charge in [0.2, 0.25) is 0 Å². The number of rotatable bonds is 9. The molecule has 0 unspecified atom stereocenters. The zero-order valence-corrected chi connectivity index (χ0v) is 15.1. The Labute approximate surface area is 145 Å². The van der Waals surface area contributed by atoms with E-state index in [1.807, 2.05) is 12.1 Å². The van der Waals surface area contributed by atoms with Crippen LogP contribution in [-0.2, 0) is 10.2 Å². The average molecular weight is 372 g/mol. The lowest BCUT2D eigenvalue weighted by Gasteiger charge is -2.10. The highest BCUT2D eigenvalue weighted by molar-refractivity contribution is 7.99. The topological polar surface area (TPSA) is 116 Å². The second-order valence-electron chi connectivity index (χ2n) is 4.90. The predicted molar refractivity (Wildman–Crippen MR) is 93.7 cm³/mol. The van der Waals surface area contributed by atoms with Gasteiger partial charge in [-0.05, 0) is 24.7 Å². The maximum absolute atomic E-state index is 10.8. The molecule has 0 saturated heterocycles. The minimum Gasteiger partial charge on any atom is -0.493 e. The Morgan fingerprint density at radius 1 is 1.17 bits per heavy atom. The van der Waals surface area contributed by atoms with E-state index in [1.54, 1.807) is 26.0 Å². The molecule has 1 heterocycles. The van der Waals surface area contributed by atoms with Gasteiger partial charge in [0.25, 0.3) is 10.2 Å². The molecule has 8 nitrogen and oxygen atoms in total. The number of hydrogen-bond acceptors (Lipinski definition) is 7. The van der Waals surface area contributed by atoms with Crippen molar-refractivity contribution in [3.05, 3.63) is 18.5 Å². The Morgan fingerprint density at radius 2 is 1.88 bits per heavy atom. The van der Waals surface area contributed by atoms with Crippen LogP contribution < -0.4 is 19.3 Å². The van der Waals surface area contributed by atoms with Gasteiger partial charge in [-0.25, -0.2) is 19.8 Å². The summed E-state index contributed by atoms with van der Waals surface area (Å²) in [5.41, 5.74) is 0.779. The molecule has 0 aliphatic carbocycles. The first-order valence-electron chi connectivity index (χ1n) is 7.21. The van der Waals surface area contributed by atoms with E-state index in [9.17, 15) is 8.42 Å². The minimum atomic E-state index is -3.61. The number of aromatic nitrogens is 2. The first-order chi connectivity index (χ1) is 11.4. The summed E-state index contributed by atoms with van der Waals surface area (Å²) in [6.45, 7) is 0.328. The van der Waals surface area contributed by atoms with Crippen LogP contribution in [-0.4, -0.2) is 44.9 Å². The van der Waals surface area contributed by atoms with Crippen molar-refractivity contribution >= 4 is 32.9 Å². The van der Waals surface area contributed by atoms with Crippen LogP contribution in [0.4, 0.5) is 0 Å². The number of nitrogens with two attached hydrogens (primary N) is 1. The highest BCUT2D eigenvalue weighted by atomic mass is 32.2. The summed E-state index contributed by atoms with van der Waals surface area (Å²) in [5.74, 6) is 2.04. The van der Waals surface area contributed by atoms with Crippen molar-refractivity contribution in [3.8, 4) is 11.5 Å². The van der Waals surface area contributed by atoms with Crippen LogP contribution in [0.15, 0.2) is 23.5 Å². The van der Waals surface area contributed by atoms with Crippen LogP contribution in [0, 0.1) is 0 Å². The number of benzene rings is 1. The molecule has 0 fully saturated rings. The molecule has 0 amide bonds. The average Bonchev–Trinajstić information content (AvgIpc) is 2.55. The lowest BCUT2D eigenvalue weighted by molar-refractivity contribution is 0.355. The van der Waals surface area contributed by atoms with Gasteiger partial charge in [0.1, 0.15) is 11.4 Å². The predicted octanol–water partition coefficient (Wildman–Crippen LogP) is 1.31. The number of nitrogens with one attached hydrogen (secondary N) is 1. The van der Waals surface area contributed by atoms with Crippen molar-refractivity contribution in [1.29, 1.82) is 0 Å². The van der Waals surface area contributed by atoms with Crippen molar-refractivity contribution in [2.75, 3.05) is 26.5 Å². The molecule has 132 valence electrons. The Bertz CT molecular complexity index is 799. The molecule has 2 aromatic rings. The first-order valence-corrected chi connectivity index (χ1v) is 9.74. The van der Waals surface area contributed by atoms with Gasteiger partial charge in [0, 0.05) is 18.0 Å². The maximum atomic E-state index is 10.8. The summed E-state index contributed by atoms with van der Waals surface area (Å²) in [5, 5.41) is 6.61. The molecule has 3 N–H and O–H groups in total. The van der Waals surface area contributed by atoms with Crippen molar-refractivity contribution in [3.63, 3.8) is 0 Å². The van der Waals surface area contributed by atoms with Gasteiger partial charge in [-0.2, -0.15) is 8.42 Å². The Kier molecular flexibility index (Phi) is 6.60. The largest absolute Gasteiger partial charge is 0.493 e. The van der Waals surface area contributed by atoms with Gasteiger partial charge < -0.3 is 9.47 Å². The van der Waals surface area contributed by atoms with Crippen molar-refractivity contribution < 1.29 is 17.9 Å². The summed E-state index contributed by atoms with van der Waals surface area (Å²) in [6, 6.07) is 3.68. The molecule has 0 saturated carbocycles. The number of ether oxygens (including phenoxy) is 2. The minimum absolute atomic E-state index is 0.328. The summed E-state index contributed by atoms with van der Waals surface area (Å²) in [7, 11) is -0.448. The van der Waals surface area contributed by atoms with Crippen LogP contribution in [0.5, 0.6) is 11.5 Å². The molecule has 1 aromatic heterocycles. The molecule has 2 rings (SSSR count). The quantitative estimate of drug-likeness (QED) is 0.387. The van der Waals surface area contributed by atoms with E-state index in [1.165, 1.54) is 6.33 Å². The molecule has 10 heteroatoms. The lowest BCUT2D eigenvalue weighted by atomic mass is 10.2. The van der Waals surface area contributed by atoms with Crippen LogP contribution in [0.25, 0.3) is 10.9 Å². The van der Waals surface area contributed by atoms with E-state index in [0.29, 0.717) is 24.5 Å². The smallest absolute Gasteiger partial charge is 0.274 e. The number of methoxy groups -OCH3 is 2. The van der Waals surface area contributed by atoms with Gasteiger partial charge in [-0.15, -0.1) is 11.8 Å². The number of nitrogens with zero attached hydrogens (tertiary/aromatic N) is 2. The summed E-state index contributed by atoms with van der Waals surface area (Å²) in [4.78, 5) is 8.58. The van der Waals surface area contributed by atoms with E-state index in [-0.39, 0.29) is 0 Å². The molecular weight excluding hydrogens is 352 g/mol. The highest BCUT2D eigenvalue weighted by Gasteiger charge is 2.11. The standard InChI is InChI=1S/C14H20N4O4S2/c1-21-12-7-10-11(8-13(12)22-2)16-9-17-14(10)23-6-4-3-5-18-24(15,19)20/h7-9,18H,3-6H2,1-2H3,(H2,15,19,20). The molecule has 1 aromatic carbocycles. The lowest BCUT2D eigenvalue weighted by Crippen LogP contribution is -2.31. The fraction of sp³-hybridized carbons (Fsp3) is 0.429. The Balaban J connectivity index is 2.01. The van der Waals surface area contributed by atoms with Gasteiger partial charge in [0.15, 0.2) is 11.5 Å². The van der Waals surface area contributed by atoms with E-state index >= 15 is 0 Å². The molecule has 24 heavy (non-hydrogen) atoms. The van der Waals surface area contributed by atoms with Gasteiger partial charge in [-0.3, -0.25) is 0 Å². The number of fused-ring (bicyclic) bond motifs is 1. The third-order valence-corrected chi connectivity index (χ3v) is 4.92. The molecule has 0 atom stereocenters. The summed E-state index contributed by atoms with van der Waals surface area (Å²) >= 11 is 1.58. The normalized spacial score (nSPS) is 11.6. The van der Waals surface area contributed by atoms with Crippen molar-refractivity contribution in [2.45, 2.75) is 17.9 Å². The molecule has 0 radical (unpaired) electrons. The summed E-state index contributed by atoms with van der Waals surface area (Å²) < 4.78 is 34.4. The van der Waals surface area contributed by atoms with Crippen molar-refractivity contribution in [2.24, 2.45) is 5.14 Å². The number of thioether (sulfide) groups is 1. The Morgan fingerprint density at radius 3 is 2.54 bits per heavy atom. The van der Waals surface area contributed by atoms with Gasteiger partial charge in [-0.1, -0.05) is 0 Å². The first kappa shape index (κ1) is 18.7. The fourth-order valence-electron chi connectivity index (χ4n) is 2.08. The van der Waals surface area contributed by atoms with Crippen LogP contribution in [0.3, 0.4) is 0 Å². The van der Waals surface area contributed by atoms with E-state index in [2.05, 4.69) is 14.7 Å². The molecule has 0 aliphatic rings. The zero-order valence-electron chi connectivity index (χ0n) is 13.5. The van der Waals surface area contributed by atoms with E-state index in [4.69, 9.17) is 14.6 Å². The van der Waals surface area contributed by atoms with Crippen molar-refractivity contribution in [1.82, 2.24) is 14.7 Å². The van der Waals surface area contributed by atoms with E-state index < -0.39 is 10.2 Å². The molecule has 0 bridgehead atoms. The second kappa shape index (κ2) is 8.47. The monoisotopic (exact) mass is 372 g/mol. The second-order valence-corrected chi connectivity index (χ2v) is 7.36.